The Morgan fingerprint density at radius 1 is 0.810 bits per heavy atom. The lowest BCUT2D eigenvalue weighted by atomic mass is 10.1. The molecule has 10 nitrogen and oxygen atoms in total. The number of hydrogen-bond acceptors (Lipinski definition) is 7. The number of para-hydroxylation sites is 1. The molecule has 0 fully saturated rings. The number of rotatable bonds is 8. The Kier molecular flexibility index (Phi) is 9.65. The average Bonchev–Trinajstić information content (AvgIpc) is 2.99. The van der Waals surface area contributed by atoms with Gasteiger partial charge in [-0.15, -0.1) is 0 Å². The van der Waals surface area contributed by atoms with Crippen LogP contribution < -0.4 is 25.5 Å². The van der Waals surface area contributed by atoms with Crippen LogP contribution in [0.3, 0.4) is 0 Å². The van der Waals surface area contributed by atoms with Gasteiger partial charge >= 0.3 is 17.8 Å². The van der Waals surface area contributed by atoms with E-state index in [1.54, 1.807) is 42.5 Å². The molecule has 0 aliphatic heterocycles. The second kappa shape index (κ2) is 13.7. The minimum Gasteiger partial charge on any atom is -0.493 e. The zero-order valence-electron chi connectivity index (χ0n) is 22.5. The zero-order valence-corrected chi connectivity index (χ0v) is 23.3. The molecule has 0 aliphatic carbocycles. The molecular weight excluding hydrogens is 560 g/mol. The second-order valence-electron chi connectivity index (χ2n) is 8.83. The van der Waals surface area contributed by atoms with E-state index < -0.39 is 23.7 Å². The predicted molar refractivity (Wildman–Crippen MR) is 159 cm³/mol. The van der Waals surface area contributed by atoms with E-state index in [9.17, 15) is 19.2 Å². The van der Waals surface area contributed by atoms with Gasteiger partial charge in [0.1, 0.15) is 0 Å². The molecule has 0 atom stereocenters. The number of aryl methyl sites for hydroxylation is 1. The minimum absolute atomic E-state index is 0.153. The summed E-state index contributed by atoms with van der Waals surface area (Å²) >= 11 is 5.86. The Morgan fingerprint density at radius 2 is 1.52 bits per heavy atom. The molecule has 0 bridgehead atoms. The number of anilines is 2. The summed E-state index contributed by atoms with van der Waals surface area (Å²) < 4.78 is 10.7. The molecule has 4 aromatic rings. The molecule has 4 aromatic carbocycles. The quantitative estimate of drug-likeness (QED) is 0.0854. The third kappa shape index (κ3) is 7.80. The lowest BCUT2D eigenvalue weighted by Gasteiger charge is -2.11. The summed E-state index contributed by atoms with van der Waals surface area (Å²) in [5.41, 5.74) is 4.88. The highest BCUT2D eigenvalue weighted by molar-refractivity contribution is 6.40. The van der Waals surface area contributed by atoms with Gasteiger partial charge in [0.05, 0.1) is 30.1 Å². The lowest BCUT2D eigenvalue weighted by Crippen LogP contribution is -2.33. The largest absolute Gasteiger partial charge is 0.493 e. The number of carbonyl (C=O) groups is 4. The van der Waals surface area contributed by atoms with E-state index in [4.69, 9.17) is 21.1 Å². The van der Waals surface area contributed by atoms with Crippen LogP contribution in [0.15, 0.2) is 96.1 Å². The molecule has 0 unspecified atom stereocenters. The Bertz CT molecular complexity index is 1650. The van der Waals surface area contributed by atoms with Crippen molar-refractivity contribution < 1.29 is 28.7 Å². The fraction of sp³-hybridized carbons (Fsp3) is 0.0645. The summed E-state index contributed by atoms with van der Waals surface area (Å²) in [6, 6.07) is 24.4. The zero-order chi connectivity index (χ0) is 30.1. The highest BCUT2D eigenvalue weighted by atomic mass is 35.5. The van der Waals surface area contributed by atoms with Gasteiger partial charge in [0.15, 0.2) is 11.5 Å². The van der Waals surface area contributed by atoms with Crippen molar-refractivity contribution in [2.75, 3.05) is 17.7 Å². The van der Waals surface area contributed by atoms with Gasteiger partial charge in [-0.3, -0.25) is 14.4 Å². The number of ether oxygens (including phenoxy) is 2. The van der Waals surface area contributed by atoms with Crippen LogP contribution in [-0.2, 0) is 9.59 Å². The van der Waals surface area contributed by atoms with Crippen LogP contribution in [-0.4, -0.2) is 37.0 Å². The smallest absolute Gasteiger partial charge is 0.343 e. The van der Waals surface area contributed by atoms with Crippen molar-refractivity contribution >= 4 is 52.9 Å². The Labute approximate surface area is 246 Å². The van der Waals surface area contributed by atoms with E-state index in [0.717, 1.165) is 5.56 Å². The SMILES string of the molecule is COc1cc(/C=N/NC(=O)C(=O)Nc2ccccc2C(=O)Nc2ccc(C)cc2)ccc1OC(=O)c1ccc(Cl)cc1. The van der Waals surface area contributed by atoms with E-state index >= 15 is 0 Å². The molecule has 3 amide bonds. The molecule has 0 saturated heterocycles. The molecule has 0 saturated carbocycles. The van der Waals surface area contributed by atoms with Gasteiger partial charge in [-0.05, 0) is 79.2 Å². The first-order chi connectivity index (χ1) is 20.2. The summed E-state index contributed by atoms with van der Waals surface area (Å²) in [5.74, 6) is -2.72. The molecule has 0 radical (unpaired) electrons. The number of nitrogens with zero attached hydrogens (tertiary/aromatic N) is 1. The number of carbonyl (C=O) groups excluding carboxylic acids is 4. The molecular formula is C31H25ClN4O6. The maximum absolute atomic E-state index is 12.8. The van der Waals surface area contributed by atoms with Gasteiger partial charge in [0.25, 0.3) is 5.91 Å². The minimum atomic E-state index is -1.06. The van der Waals surface area contributed by atoms with Crippen molar-refractivity contribution in [1.82, 2.24) is 5.43 Å². The number of hydrogen-bond donors (Lipinski definition) is 3. The van der Waals surface area contributed by atoms with Gasteiger partial charge < -0.3 is 20.1 Å². The topological polar surface area (TPSA) is 135 Å². The summed E-state index contributed by atoms with van der Waals surface area (Å²) in [4.78, 5) is 50.1. The maximum atomic E-state index is 12.8. The highest BCUT2D eigenvalue weighted by Crippen LogP contribution is 2.28. The lowest BCUT2D eigenvalue weighted by molar-refractivity contribution is -0.136. The molecule has 42 heavy (non-hydrogen) atoms. The molecule has 0 aliphatic rings. The molecule has 212 valence electrons. The highest BCUT2D eigenvalue weighted by Gasteiger charge is 2.18. The normalized spacial score (nSPS) is 10.5. The van der Waals surface area contributed by atoms with Crippen molar-refractivity contribution in [2.24, 2.45) is 5.10 Å². The van der Waals surface area contributed by atoms with Crippen LogP contribution in [0, 0.1) is 6.92 Å². The average molecular weight is 585 g/mol. The predicted octanol–water partition coefficient (Wildman–Crippen LogP) is 5.22. The van der Waals surface area contributed by atoms with Crippen LogP contribution >= 0.6 is 11.6 Å². The Morgan fingerprint density at radius 3 is 2.24 bits per heavy atom. The molecule has 0 heterocycles. The molecule has 0 aromatic heterocycles. The number of amides is 3. The van der Waals surface area contributed by atoms with Crippen molar-refractivity contribution in [1.29, 1.82) is 0 Å². The fourth-order valence-electron chi connectivity index (χ4n) is 3.61. The van der Waals surface area contributed by atoms with Gasteiger partial charge in [0, 0.05) is 10.7 Å². The number of nitrogens with one attached hydrogen (secondary N) is 3. The van der Waals surface area contributed by atoms with Gasteiger partial charge in [-0.1, -0.05) is 41.4 Å². The van der Waals surface area contributed by atoms with Crippen LogP contribution in [0.1, 0.15) is 31.8 Å². The number of hydrazone groups is 1. The van der Waals surface area contributed by atoms with E-state index in [2.05, 4.69) is 21.2 Å². The fourth-order valence-corrected chi connectivity index (χ4v) is 3.74. The summed E-state index contributed by atoms with van der Waals surface area (Å²) in [5, 5.41) is 9.49. The van der Waals surface area contributed by atoms with Gasteiger partial charge in [-0.2, -0.15) is 5.10 Å². The van der Waals surface area contributed by atoms with Crippen molar-refractivity contribution in [3.05, 3.63) is 118 Å². The first-order valence-electron chi connectivity index (χ1n) is 12.5. The Balaban J connectivity index is 1.35. The standard InChI is InChI=1S/C31H25ClN4O6/c1-19-7-14-23(15-8-19)34-28(37)24-5-3-4-6-25(24)35-29(38)30(39)36-33-18-20-9-16-26(27(17-20)41-2)42-31(40)21-10-12-22(32)13-11-21/h3-18H,1-2H3,(H,34,37)(H,35,38)(H,36,39)/b33-18+. The van der Waals surface area contributed by atoms with E-state index in [0.29, 0.717) is 21.8 Å². The number of methoxy groups -OCH3 is 1. The van der Waals surface area contributed by atoms with Crippen LogP contribution in [0.2, 0.25) is 5.02 Å². The van der Waals surface area contributed by atoms with Crippen LogP contribution in [0.25, 0.3) is 0 Å². The van der Waals surface area contributed by atoms with Crippen molar-refractivity contribution in [2.45, 2.75) is 6.92 Å². The monoisotopic (exact) mass is 584 g/mol. The molecule has 4 rings (SSSR count). The summed E-state index contributed by atoms with van der Waals surface area (Å²) in [6.45, 7) is 1.93. The summed E-state index contributed by atoms with van der Waals surface area (Å²) in [6.07, 6.45) is 1.28. The van der Waals surface area contributed by atoms with Crippen molar-refractivity contribution in [3.8, 4) is 11.5 Å². The first-order valence-corrected chi connectivity index (χ1v) is 12.9. The first kappa shape index (κ1) is 29.5. The maximum Gasteiger partial charge on any atom is 0.343 e. The van der Waals surface area contributed by atoms with Crippen LogP contribution in [0.4, 0.5) is 11.4 Å². The summed E-state index contributed by atoms with van der Waals surface area (Å²) in [7, 11) is 1.40. The van der Waals surface area contributed by atoms with E-state index in [1.165, 1.54) is 49.7 Å². The van der Waals surface area contributed by atoms with Crippen LogP contribution in [0.5, 0.6) is 11.5 Å². The molecule has 0 spiro atoms. The number of esters is 1. The van der Waals surface area contributed by atoms with Gasteiger partial charge in [-0.25, -0.2) is 10.2 Å². The van der Waals surface area contributed by atoms with E-state index in [-0.39, 0.29) is 22.7 Å². The Hall–Kier alpha value is -5.48. The number of halogens is 1. The molecule has 11 heteroatoms. The molecule has 3 N–H and O–H groups in total. The van der Waals surface area contributed by atoms with Crippen molar-refractivity contribution in [3.63, 3.8) is 0 Å². The second-order valence-corrected chi connectivity index (χ2v) is 9.26. The van der Waals surface area contributed by atoms with Gasteiger partial charge in [0.2, 0.25) is 0 Å². The van der Waals surface area contributed by atoms with E-state index in [1.807, 2.05) is 19.1 Å². The third-order valence-electron chi connectivity index (χ3n) is 5.79. The number of benzene rings is 4. The third-order valence-corrected chi connectivity index (χ3v) is 6.04.